The highest BCUT2D eigenvalue weighted by Gasteiger charge is 2.52. The van der Waals surface area contributed by atoms with Crippen LogP contribution in [0.15, 0.2) is 53.6 Å². The van der Waals surface area contributed by atoms with Crippen molar-refractivity contribution in [3.63, 3.8) is 0 Å². The van der Waals surface area contributed by atoms with Crippen LogP contribution in [0.1, 0.15) is 12.8 Å². The topological polar surface area (TPSA) is 106 Å². The fourth-order valence-corrected chi connectivity index (χ4v) is 5.00. The monoisotopic (exact) mass is 492 g/mol. The smallest absolute Gasteiger partial charge is 0.475 e. The van der Waals surface area contributed by atoms with Gasteiger partial charge in [-0.25, -0.2) is 22.6 Å². The van der Waals surface area contributed by atoms with Gasteiger partial charge in [0.15, 0.2) is 0 Å². The van der Waals surface area contributed by atoms with E-state index >= 15 is 0 Å². The zero-order valence-corrected chi connectivity index (χ0v) is 17.9. The molecule has 2 saturated heterocycles. The second kappa shape index (κ2) is 9.61. The Kier molecular flexibility index (Phi) is 7.24. The molecule has 13 heteroatoms. The van der Waals surface area contributed by atoms with E-state index < -0.39 is 33.6 Å². The number of ether oxygens (including phenoxy) is 2. The normalized spacial score (nSPS) is 20.3. The lowest BCUT2D eigenvalue weighted by molar-refractivity contribution is -0.192. The summed E-state index contributed by atoms with van der Waals surface area (Å²) >= 11 is 0. The SMILES string of the molecule is O=C(O)C(F)(F)F.O=S(=O)(c1ccc(F)cc1)N1CC2(CC(Oc3ccccn3)CCO2)C1. The van der Waals surface area contributed by atoms with Gasteiger partial charge < -0.3 is 14.6 Å². The molecule has 2 aromatic rings. The van der Waals surface area contributed by atoms with Gasteiger partial charge in [-0.15, -0.1) is 0 Å². The van der Waals surface area contributed by atoms with Crippen LogP contribution in [0.3, 0.4) is 0 Å². The Bertz CT molecular complexity index is 1060. The number of halogens is 4. The van der Waals surface area contributed by atoms with Crippen LogP contribution in [0.4, 0.5) is 17.6 Å². The molecule has 4 rings (SSSR count). The number of carboxylic acid groups (broad SMARTS) is 1. The molecule has 3 heterocycles. The van der Waals surface area contributed by atoms with Crippen LogP contribution in [0, 0.1) is 5.82 Å². The summed E-state index contributed by atoms with van der Waals surface area (Å²) in [6.07, 6.45) is -2.12. The van der Waals surface area contributed by atoms with Gasteiger partial charge in [-0.05, 0) is 30.3 Å². The molecule has 180 valence electrons. The first kappa shape index (κ1) is 24.9. The van der Waals surface area contributed by atoms with E-state index in [-0.39, 0.29) is 24.1 Å². The van der Waals surface area contributed by atoms with E-state index in [0.29, 0.717) is 18.9 Å². The number of benzene rings is 1. The number of nitrogens with zero attached hydrogens (tertiary/aromatic N) is 2. The van der Waals surface area contributed by atoms with E-state index in [9.17, 15) is 26.0 Å². The third kappa shape index (κ3) is 6.18. The van der Waals surface area contributed by atoms with Gasteiger partial charge in [0.05, 0.1) is 17.1 Å². The van der Waals surface area contributed by atoms with Crippen molar-refractivity contribution in [3.05, 3.63) is 54.5 Å². The Labute approximate surface area is 186 Å². The van der Waals surface area contributed by atoms with Crippen LogP contribution in [0.5, 0.6) is 5.88 Å². The molecule has 0 aliphatic carbocycles. The average Bonchev–Trinajstić information content (AvgIpc) is 2.73. The number of aliphatic carboxylic acids is 1. The van der Waals surface area contributed by atoms with Crippen molar-refractivity contribution in [2.45, 2.75) is 35.6 Å². The van der Waals surface area contributed by atoms with Crippen molar-refractivity contribution in [1.29, 1.82) is 0 Å². The summed E-state index contributed by atoms with van der Waals surface area (Å²) in [5.74, 6) is -2.66. The minimum Gasteiger partial charge on any atom is -0.475 e. The highest BCUT2D eigenvalue weighted by Crippen LogP contribution is 2.38. The third-order valence-corrected chi connectivity index (χ3v) is 6.80. The Morgan fingerprint density at radius 2 is 1.82 bits per heavy atom. The van der Waals surface area contributed by atoms with Crippen LogP contribution in [0.2, 0.25) is 0 Å². The van der Waals surface area contributed by atoms with Crippen molar-refractivity contribution in [2.75, 3.05) is 19.7 Å². The molecule has 1 N–H and O–H groups in total. The van der Waals surface area contributed by atoms with Gasteiger partial charge in [0.2, 0.25) is 15.9 Å². The number of hydrogen-bond donors (Lipinski definition) is 1. The van der Waals surface area contributed by atoms with Crippen LogP contribution in [0.25, 0.3) is 0 Å². The second-order valence-corrected chi connectivity index (χ2v) is 9.40. The number of carbonyl (C=O) groups is 1. The van der Waals surface area contributed by atoms with Crippen molar-refractivity contribution in [3.8, 4) is 5.88 Å². The van der Waals surface area contributed by atoms with Crippen molar-refractivity contribution in [2.24, 2.45) is 0 Å². The molecule has 33 heavy (non-hydrogen) atoms. The molecule has 2 aliphatic rings. The molecule has 1 aromatic carbocycles. The molecule has 0 radical (unpaired) electrons. The molecule has 1 unspecified atom stereocenters. The number of pyridine rings is 1. The lowest BCUT2D eigenvalue weighted by Gasteiger charge is -2.51. The maximum absolute atomic E-state index is 13.0. The van der Waals surface area contributed by atoms with Gasteiger partial charge in [0.1, 0.15) is 11.9 Å². The van der Waals surface area contributed by atoms with E-state index in [0.717, 1.165) is 18.6 Å². The van der Waals surface area contributed by atoms with Crippen molar-refractivity contribution in [1.82, 2.24) is 9.29 Å². The van der Waals surface area contributed by atoms with Crippen molar-refractivity contribution < 1.29 is 45.4 Å². The highest BCUT2D eigenvalue weighted by atomic mass is 32.2. The maximum Gasteiger partial charge on any atom is 0.490 e. The number of carboxylic acids is 1. The number of aromatic nitrogens is 1. The summed E-state index contributed by atoms with van der Waals surface area (Å²) in [6, 6.07) is 10.3. The predicted octanol–water partition coefficient (Wildman–Crippen LogP) is 2.86. The quantitative estimate of drug-likeness (QED) is 0.655. The zero-order valence-electron chi connectivity index (χ0n) is 17.0. The number of rotatable bonds is 4. The minimum atomic E-state index is -5.08. The fraction of sp³-hybridized carbons (Fsp3) is 0.400. The van der Waals surface area contributed by atoms with Gasteiger partial charge in [0.25, 0.3) is 0 Å². The van der Waals surface area contributed by atoms with Gasteiger partial charge in [-0.1, -0.05) is 6.07 Å². The average molecular weight is 492 g/mol. The molecule has 1 spiro atoms. The summed E-state index contributed by atoms with van der Waals surface area (Å²) in [4.78, 5) is 13.2. The van der Waals surface area contributed by atoms with Gasteiger partial charge in [-0.3, -0.25) is 0 Å². The minimum absolute atomic E-state index is 0.0608. The van der Waals surface area contributed by atoms with Crippen molar-refractivity contribution >= 4 is 16.0 Å². The fourth-order valence-electron chi connectivity index (χ4n) is 3.41. The first-order chi connectivity index (χ1) is 15.4. The molecule has 0 bridgehead atoms. The number of hydrogen-bond acceptors (Lipinski definition) is 6. The molecule has 8 nitrogen and oxygen atoms in total. The van der Waals surface area contributed by atoms with E-state index in [4.69, 9.17) is 19.4 Å². The zero-order chi connectivity index (χ0) is 24.3. The van der Waals surface area contributed by atoms with E-state index in [1.165, 1.54) is 16.4 Å². The van der Waals surface area contributed by atoms with Crippen LogP contribution in [-0.2, 0) is 19.6 Å². The summed E-state index contributed by atoms with van der Waals surface area (Å²) in [5.41, 5.74) is -0.523. The highest BCUT2D eigenvalue weighted by molar-refractivity contribution is 7.89. The Morgan fingerprint density at radius 3 is 2.36 bits per heavy atom. The Balaban J connectivity index is 0.000000383. The summed E-state index contributed by atoms with van der Waals surface area (Å²) in [6.45, 7) is 1.06. The molecule has 2 aliphatic heterocycles. The summed E-state index contributed by atoms with van der Waals surface area (Å²) < 4.78 is 83.2. The van der Waals surface area contributed by atoms with Gasteiger partial charge in [0, 0.05) is 38.2 Å². The molecular weight excluding hydrogens is 472 g/mol. The predicted molar refractivity (Wildman–Crippen MR) is 105 cm³/mol. The van der Waals surface area contributed by atoms with Crippen LogP contribution >= 0.6 is 0 Å². The molecule has 1 aromatic heterocycles. The Hall–Kier alpha value is -2.77. The van der Waals surface area contributed by atoms with E-state index in [1.54, 1.807) is 12.3 Å². The molecule has 1 atom stereocenters. The Morgan fingerprint density at radius 1 is 1.18 bits per heavy atom. The second-order valence-electron chi connectivity index (χ2n) is 7.46. The molecule has 0 amide bonds. The van der Waals surface area contributed by atoms with Crippen LogP contribution in [-0.4, -0.2) is 66.4 Å². The summed E-state index contributed by atoms with van der Waals surface area (Å²) in [7, 11) is -3.64. The van der Waals surface area contributed by atoms with Gasteiger partial charge in [-0.2, -0.15) is 17.5 Å². The van der Waals surface area contributed by atoms with Crippen LogP contribution < -0.4 is 4.74 Å². The lowest BCUT2D eigenvalue weighted by atomic mass is 9.86. The number of sulfonamides is 1. The van der Waals surface area contributed by atoms with E-state index in [1.807, 2.05) is 12.1 Å². The standard InChI is InChI=1S/C18H19FN2O4S.C2HF3O2/c19-14-4-6-16(7-5-14)26(22,23)21-12-18(13-21)11-15(8-10-24-18)25-17-3-1-2-9-20-17;3-2(4,5)1(6)7/h1-7,9,15H,8,10-13H2;(H,6,7). The first-order valence-electron chi connectivity index (χ1n) is 9.69. The third-order valence-electron chi connectivity index (χ3n) is 5.00. The van der Waals surface area contributed by atoms with E-state index in [2.05, 4.69) is 4.98 Å². The summed E-state index contributed by atoms with van der Waals surface area (Å²) in [5, 5.41) is 7.12. The number of alkyl halides is 3. The molecule has 0 saturated carbocycles. The molecular formula is C20H20F4N2O6S. The first-order valence-corrected chi connectivity index (χ1v) is 11.1. The van der Waals surface area contributed by atoms with Gasteiger partial charge >= 0.3 is 12.1 Å². The lowest BCUT2D eigenvalue weighted by Crippen LogP contribution is -2.67. The molecule has 2 fully saturated rings. The maximum atomic E-state index is 13.0. The largest absolute Gasteiger partial charge is 0.490 e.